The second-order valence-corrected chi connectivity index (χ2v) is 10.4. The lowest BCUT2D eigenvalue weighted by molar-refractivity contribution is -0.0661. The van der Waals surface area contributed by atoms with Gasteiger partial charge in [-0.1, -0.05) is 83.3 Å². The molecule has 31 heavy (non-hydrogen) atoms. The van der Waals surface area contributed by atoms with Crippen molar-refractivity contribution in [3.05, 3.63) is 12.2 Å². The smallest absolute Gasteiger partial charge is 0.413 e. The molecule has 1 heterocycles. The number of hydrogen-bond donors (Lipinski definition) is 1. The predicted octanol–water partition coefficient (Wildman–Crippen LogP) is 6.98. The standard InChI is InChI=1S/C26H49NO4/c1-7-8-9-10-11-12-13-14-15-16-17-18-19-20-23(28)22-21-30-26(5,6)27(22)24(29)31-25(2,3)4/h19-20,22-23,28H,7-18,21H2,1-6H3. The minimum Gasteiger partial charge on any atom is -0.444 e. The Morgan fingerprint density at radius 1 is 1.06 bits per heavy atom. The van der Waals surface area contributed by atoms with Crippen LogP contribution in [0, 0.1) is 0 Å². The van der Waals surface area contributed by atoms with E-state index in [9.17, 15) is 9.90 Å². The molecule has 0 spiro atoms. The fraction of sp³-hybridized carbons (Fsp3) is 0.885. The van der Waals surface area contributed by atoms with Gasteiger partial charge in [0.2, 0.25) is 0 Å². The summed E-state index contributed by atoms with van der Waals surface area (Å²) in [5.41, 5.74) is -1.38. The molecule has 0 aromatic rings. The van der Waals surface area contributed by atoms with Crippen LogP contribution in [0.1, 0.15) is 119 Å². The van der Waals surface area contributed by atoms with E-state index in [1.807, 2.05) is 46.8 Å². The molecule has 0 aliphatic carbocycles. The highest BCUT2D eigenvalue weighted by Crippen LogP contribution is 2.31. The van der Waals surface area contributed by atoms with Gasteiger partial charge in [-0.2, -0.15) is 0 Å². The number of aliphatic hydroxyl groups excluding tert-OH is 1. The number of hydrogen-bond acceptors (Lipinski definition) is 4. The molecule has 1 saturated heterocycles. The fourth-order valence-electron chi connectivity index (χ4n) is 4.04. The van der Waals surface area contributed by atoms with E-state index in [2.05, 4.69) is 6.92 Å². The Bertz CT molecular complexity index is 524. The van der Waals surface area contributed by atoms with Gasteiger partial charge in [-0.15, -0.1) is 0 Å². The third-order valence-electron chi connectivity index (χ3n) is 5.81. The summed E-state index contributed by atoms with van der Waals surface area (Å²) in [5, 5.41) is 10.7. The van der Waals surface area contributed by atoms with Crippen molar-refractivity contribution in [3.8, 4) is 0 Å². The molecule has 182 valence electrons. The molecular formula is C26H49NO4. The Labute approximate surface area is 191 Å². The summed E-state index contributed by atoms with van der Waals surface area (Å²) in [6.07, 6.45) is 18.2. The van der Waals surface area contributed by atoms with Crippen LogP contribution in [0.25, 0.3) is 0 Å². The Hall–Kier alpha value is -1.07. The average Bonchev–Trinajstić information content (AvgIpc) is 2.99. The van der Waals surface area contributed by atoms with E-state index in [0.29, 0.717) is 6.61 Å². The number of carbonyl (C=O) groups excluding carboxylic acids is 1. The van der Waals surface area contributed by atoms with Gasteiger partial charge in [0.05, 0.1) is 18.8 Å². The predicted molar refractivity (Wildman–Crippen MR) is 128 cm³/mol. The molecule has 2 atom stereocenters. The molecule has 0 bridgehead atoms. The molecule has 1 aliphatic rings. The largest absolute Gasteiger partial charge is 0.444 e. The first-order valence-electron chi connectivity index (χ1n) is 12.6. The van der Waals surface area contributed by atoms with Gasteiger partial charge in [0.25, 0.3) is 0 Å². The number of carbonyl (C=O) groups is 1. The van der Waals surface area contributed by atoms with Crippen molar-refractivity contribution in [2.45, 2.75) is 142 Å². The van der Waals surface area contributed by atoms with Crippen molar-refractivity contribution >= 4 is 6.09 Å². The number of ether oxygens (including phenoxy) is 2. The zero-order chi connectivity index (χ0) is 23.3. The summed E-state index contributed by atoms with van der Waals surface area (Å²) in [7, 11) is 0. The normalized spacial score (nSPS) is 19.8. The van der Waals surface area contributed by atoms with Crippen molar-refractivity contribution in [1.29, 1.82) is 0 Å². The Kier molecular flexibility index (Phi) is 12.8. The summed E-state index contributed by atoms with van der Waals surface area (Å²) in [5.74, 6) is 0. The molecule has 0 radical (unpaired) electrons. The number of aliphatic hydroxyl groups is 1. The molecule has 0 saturated carbocycles. The van der Waals surface area contributed by atoms with Crippen molar-refractivity contribution < 1.29 is 19.4 Å². The van der Waals surface area contributed by atoms with E-state index >= 15 is 0 Å². The Morgan fingerprint density at radius 2 is 1.58 bits per heavy atom. The summed E-state index contributed by atoms with van der Waals surface area (Å²) in [4.78, 5) is 14.2. The summed E-state index contributed by atoms with van der Waals surface area (Å²) >= 11 is 0. The van der Waals surface area contributed by atoms with Crippen LogP contribution in [0.4, 0.5) is 4.79 Å². The molecular weight excluding hydrogens is 390 g/mol. The van der Waals surface area contributed by atoms with Crippen LogP contribution in [0.5, 0.6) is 0 Å². The van der Waals surface area contributed by atoms with E-state index in [-0.39, 0.29) is 0 Å². The topological polar surface area (TPSA) is 59.0 Å². The highest BCUT2D eigenvalue weighted by molar-refractivity contribution is 5.70. The van der Waals surface area contributed by atoms with Crippen molar-refractivity contribution in [1.82, 2.24) is 4.90 Å². The lowest BCUT2D eigenvalue weighted by Gasteiger charge is -2.36. The maximum absolute atomic E-state index is 12.7. The molecule has 2 unspecified atom stereocenters. The Balaban J connectivity index is 2.26. The van der Waals surface area contributed by atoms with Crippen LogP contribution < -0.4 is 0 Å². The number of nitrogens with zero attached hydrogens (tertiary/aromatic N) is 1. The SMILES string of the molecule is CCCCCCCCCCCCCC=CC(O)C1COC(C)(C)N1C(=O)OC(C)(C)C. The molecule has 1 aliphatic heterocycles. The molecule has 1 fully saturated rings. The zero-order valence-electron chi connectivity index (χ0n) is 21.1. The number of amides is 1. The second-order valence-electron chi connectivity index (χ2n) is 10.4. The lowest BCUT2D eigenvalue weighted by Crippen LogP contribution is -2.53. The van der Waals surface area contributed by atoms with Gasteiger partial charge in [0.1, 0.15) is 11.3 Å². The summed E-state index contributed by atoms with van der Waals surface area (Å²) in [6.45, 7) is 11.8. The average molecular weight is 440 g/mol. The molecule has 1 N–H and O–H groups in total. The van der Waals surface area contributed by atoms with Crippen LogP contribution in [0.3, 0.4) is 0 Å². The first-order valence-corrected chi connectivity index (χ1v) is 12.6. The second kappa shape index (κ2) is 14.2. The molecule has 1 amide bonds. The van der Waals surface area contributed by atoms with E-state index in [0.717, 1.165) is 12.8 Å². The first kappa shape index (κ1) is 28.0. The number of unbranched alkanes of at least 4 members (excludes halogenated alkanes) is 11. The maximum atomic E-state index is 12.7. The number of allylic oxidation sites excluding steroid dienone is 1. The molecule has 5 nitrogen and oxygen atoms in total. The van der Waals surface area contributed by atoms with E-state index in [1.54, 1.807) is 0 Å². The van der Waals surface area contributed by atoms with Crippen LogP contribution >= 0.6 is 0 Å². The molecule has 5 heteroatoms. The minimum atomic E-state index is -0.794. The van der Waals surface area contributed by atoms with E-state index in [1.165, 1.54) is 69.1 Å². The first-order chi connectivity index (χ1) is 14.6. The summed E-state index contributed by atoms with van der Waals surface area (Å²) < 4.78 is 11.3. The fourth-order valence-corrected chi connectivity index (χ4v) is 4.04. The third kappa shape index (κ3) is 11.4. The van der Waals surface area contributed by atoms with Gasteiger partial charge in [-0.3, -0.25) is 4.90 Å². The van der Waals surface area contributed by atoms with Crippen molar-refractivity contribution in [2.24, 2.45) is 0 Å². The lowest BCUT2D eigenvalue weighted by atomic mass is 10.0. The van der Waals surface area contributed by atoms with Gasteiger partial charge in [0.15, 0.2) is 0 Å². The summed E-state index contributed by atoms with van der Waals surface area (Å²) in [6, 6.07) is -0.432. The monoisotopic (exact) mass is 439 g/mol. The van der Waals surface area contributed by atoms with Crippen molar-refractivity contribution in [2.75, 3.05) is 6.61 Å². The molecule has 0 aromatic heterocycles. The van der Waals surface area contributed by atoms with Gasteiger partial charge >= 0.3 is 6.09 Å². The van der Waals surface area contributed by atoms with Gasteiger partial charge in [-0.25, -0.2) is 4.79 Å². The van der Waals surface area contributed by atoms with Crippen LogP contribution in [-0.2, 0) is 9.47 Å². The highest BCUT2D eigenvalue weighted by Gasteiger charge is 2.47. The molecule has 1 rings (SSSR count). The van der Waals surface area contributed by atoms with Gasteiger partial charge in [-0.05, 0) is 47.5 Å². The van der Waals surface area contributed by atoms with E-state index < -0.39 is 29.6 Å². The van der Waals surface area contributed by atoms with Crippen LogP contribution in [0.2, 0.25) is 0 Å². The minimum absolute atomic E-state index is 0.302. The highest BCUT2D eigenvalue weighted by atomic mass is 16.6. The van der Waals surface area contributed by atoms with Crippen LogP contribution in [0.15, 0.2) is 12.2 Å². The van der Waals surface area contributed by atoms with Gasteiger partial charge in [0, 0.05) is 0 Å². The Morgan fingerprint density at radius 3 is 2.10 bits per heavy atom. The van der Waals surface area contributed by atoms with Gasteiger partial charge < -0.3 is 14.6 Å². The quantitative estimate of drug-likeness (QED) is 0.234. The third-order valence-corrected chi connectivity index (χ3v) is 5.81. The zero-order valence-corrected chi connectivity index (χ0v) is 21.1. The van der Waals surface area contributed by atoms with Crippen molar-refractivity contribution in [3.63, 3.8) is 0 Å². The van der Waals surface area contributed by atoms with Crippen LogP contribution in [-0.4, -0.2) is 46.2 Å². The van der Waals surface area contributed by atoms with E-state index in [4.69, 9.17) is 9.47 Å². The number of rotatable bonds is 14. The maximum Gasteiger partial charge on any atom is 0.413 e. The molecule has 0 aromatic carbocycles.